The molecule has 0 saturated carbocycles. The van der Waals surface area contributed by atoms with Crippen LogP contribution in [0.25, 0.3) is 0 Å². The second kappa shape index (κ2) is 3.88. The number of rotatable bonds is 4. The van der Waals surface area contributed by atoms with Gasteiger partial charge in [0.25, 0.3) is 0 Å². The van der Waals surface area contributed by atoms with E-state index in [1.165, 1.54) is 0 Å². The summed E-state index contributed by atoms with van der Waals surface area (Å²) in [6.45, 7) is 6.49. The number of aliphatic hydroxyl groups excluding tert-OH is 1. The van der Waals surface area contributed by atoms with Gasteiger partial charge in [0.2, 0.25) is 0 Å². The van der Waals surface area contributed by atoms with Gasteiger partial charge in [-0.25, -0.2) is 0 Å². The molecule has 0 bridgehead atoms. The molecule has 11 heavy (non-hydrogen) atoms. The van der Waals surface area contributed by atoms with Crippen LogP contribution < -0.4 is 0 Å². The SMILES string of the molecule is C=C(C)CC(O)C[N+](C)(C)C. The molecule has 66 valence electrons. The summed E-state index contributed by atoms with van der Waals surface area (Å²) in [5, 5.41) is 9.48. The Labute approximate surface area is 69.7 Å². The topological polar surface area (TPSA) is 20.2 Å². The van der Waals surface area contributed by atoms with Gasteiger partial charge in [-0.15, -0.1) is 6.58 Å². The lowest BCUT2D eigenvalue weighted by Crippen LogP contribution is -2.41. The lowest BCUT2D eigenvalue weighted by molar-refractivity contribution is -0.873. The van der Waals surface area contributed by atoms with Crippen LogP contribution in [0, 0.1) is 0 Å². The second-order valence-corrected chi connectivity index (χ2v) is 4.29. The average molecular weight is 158 g/mol. The zero-order chi connectivity index (χ0) is 9.07. The van der Waals surface area contributed by atoms with Crippen molar-refractivity contribution in [3.8, 4) is 0 Å². The average Bonchev–Trinajstić information content (AvgIpc) is 1.53. The fraction of sp³-hybridized carbons (Fsp3) is 0.778. The van der Waals surface area contributed by atoms with Crippen molar-refractivity contribution in [3.63, 3.8) is 0 Å². The first-order valence-electron chi connectivity index (χ1n) is 3.94. The van der Waals surface area contributed by atoms with E-state index in [1.807, 2.05) is 6.92 Å². The molecule has 0 rings (SSSR count). The lowest BCUT2D eigenvalue weighted by Gasteiger charge is -2.26. The monoisotopic (exact) mass is 158 g/mol. The predicted octanol–water partition coefficient (Wildman–Crippen LogP) is 1.02. The molecule has 0 amide bonds. The largest absolute Gasteiger partial charge is 0.387 e. The molecule has 2 nitrogen and oxygen atoms in total. The first-order chi connectivity index (χ1) is 4.81. The first-order valence-corrected chi connectivity index (χ1v) is 3.94. The van der Waals surface area contributed by atoms with Crippen molar-refractivity contribution >= 4 is 0 Å². The van der Waals surface area contributed by atoms with Crippen molar-refractivity contribution in [2.75, 3.05) is 27.7 Å². The van der Waals surface area contributed by atoms with Crippen molar-refractivity contribution in [2.24, 2.45) is 0 Å². The molecule has 1 N–H and O–H groups in total. The zero-order valence-electron chi connectivity index (χ0n) is 8.09. The summed E-state index contributed by atoms with van der Waals surface area (Å²) in [5.41, 5.74) is 1.05. The second-order valence-electron chi connectivity index (χ2n) is 4.29. The third-order valence-corrected chi connectivity index (χ3v) is 1.34. The maximum Gasteiger partial charge on any atom is 0.107 e. The summed E-state index contributed by atoms with van der Waals surface area (Å²) in [6.07, 6.45) is 0.475. The van der Waals surface area contributed by atoms with Gasteiger partial charge in [-0.05, 0) is 13.3 Å². The molecule has 0 aromatic carbocycles. The minimum Gasteiger partial charge on any atom is -0.387 e. The highest BCUT2D eigenvalue weighted by Gasteiger charge is 2.14. The maximum absolute atomic E-state index is 9.48. The highest BCUT2D eigenvalue weighted by atomic mass is 16.3. The van der Waals surface area contributed by atoms with Crippen LogP contribution in [-0.2, 0) is 0 Å². The van der Waals surface area contributed by atoms with Crippen LogP contribution in [0.3, 0.4) is 0 Å². The molecule has 0 aliphatic heterocycles. The van der Waals surface area contributed by atoms with E-state index in [0.29, 0.717) is 0 Å². The van der Waals surface area contributed by atoms with Gasteiger partial charge in [-0.2, -0.15) is 0 Å². The third kappa shape index (κ3) is 7.56. The molecule has 2 heteroatoms. The van der Waals surface area contributed by atoms with Crippen molar-refractivity contribution in [1.29, 1.82) is 0 Å². The van der Waals surface area contributed by atoms with E-state index in [0.717, 1.165) is 23.0 Å². The molecule has 0 saturated heterocycles. The van der Waals surface area contributed by atoms with Crippen molar-refractivity contribution in [3.05, 3.63) is 12.2 Å². The minimum absolute atomic E-state index is 0.243. The Morgan fingerprint density at radius 1 is 1.45 bits per heavy atom. The Hall–Kier alpha value is -0.340. The van der Waals surface area contributed by atoms with Gasteiger partial charge in [-0.1, -0.05) is 5.57 Å². The standard InChI is InChI=1S/C9H20NO/c1-8(2)6-9(11)7-10(3,4)5/h9,11H,1,6-7H2,2-5H3/q+1. The van der Waals surface area contributed by atoms with Gasteiger partial charge in [0.05, 0.1) is 21.1 Å². The van der Waals surface area contributed by atoms with Gasteiger partial charge < -0.3 is 9.59 Å². The molecular weight excluding hydrogens is 138 g/mol. The fourth-order valence-electron chi connectivity index (χ4n) is 1.10. The number of quaternary nitrogens is 1. The highest BCUT2D eigenvalue weighted by Crippen LogP contribution is 2.04. The van der Waals surface area contributed by atoms with Crippen LogP contribution >= 0.6 is 0 Å². The zero-order valence-corrected chi connectivity index (χ0v) is 8.09. The molecule has 0 aromatic heterocycles. The Morgan fingerprint density at radius 2 is 1.91 bits per heavy atom. The van der Waals surface area contributed by atoms with E-state index < -0.39 is 0 Å². The smallest absolute Gasteiger partial charge is 0.107 e. The van der Waals surface area contributed by atoms with Gasteiger partial charge in [0.1, 0.15) is 12.6 Å². The summed E-state index contributed by atoms with van der Waals surface area (Å²) >= 11 is 0. The van der Waals surface area contributed by atoms with E-state index >= 15 is 0 Å². The Morgan fingerprint density at radius 3 is 2.18 bits per heavy atom. The molecule has 0 aliphatic carbocycles. The number of nitrogens with zero attached hydrogens (tertiary/aromatic N) is 1. The van der Waals surface area contributed by atoms with Crippen LogP contribution in [0.2, 0.25) is 0 Å². The summed E-state index contributed by atoms with van der Waals surface area (Å²) < 4.78 is 0.800. The minimum atomic E-state index is -0.243. The van der Waals surface area contributed by atoms with Gasteiger partial charge in [0, 0.05) is 0 Å². The van der Waals surface area contributed by atoms with Gasteiger partial charge in [0.15, 0.2) is 0 Å². The molecule has 0 fully saturated rings. The van der Waals surface area contributed by atoms with E-state index in [2.05, 4.69) is 27.7 Å². The number of likely N-dealkylation sites (N-methyl/N-ethyl adjacent to an activating group) is 1. The number of hydrogen-bond acceptors (Lipinski definition) is 1. The maximum atomic E-state index is 9.48. The summed E-state index contributed by atoms with van der Waals surface area (Å²) in [6, 6.07) is 0. The first kappa shape index (κ1) is 10.7. The molecular formula is C9H20NO+. The van der Waals surface area contributed by atoms with Gasteiger partial charge >= 0.3 is 0 Å². The molecule has 0 heterocycles. The molecule has 1 atom stereocenters. The summed E-state index contributed by atoms with van der Waals surface area (Å²) in [4.78, 5) is 0. The molecule has 0 aliphatic rings. The molecule has 0 radical (unpaired) electrons. The van der Waals surface area contributed by atoms with E-state index in [1.54, 1.807) is 0 Å². The fourth-order valence-corrected chi connectivity index (χ4v) is 1.10. The Kier molecular flexibility index (Phi) is 3.76. The van der Waals surface area contributed by atoms with E-state index in [4.69, 9.17) is 0 Å². The van der Waals surface area contributed by atoms with Crippen molar-refractivity contribution in [2.45, 2.75) is 19.4 Å². The predicted molar refractivity (Wildman–Crippen MR) is 48.3 cm³/mol. The van der Waals surface area contributed by atoms with E-state index in [9.17, 15) is 5.11 Å². The Bertz CT molecular complexity index is 135. The van der Waals surface area contributed by atoms with Crippen LogP contribution in [0.5, 0.6) is 0 Å². The normalized spacial score (nSPS) is 14.6. The van der Waals surface area contributed by atoms with Gasteiger partial charge in [-0.3, -0.25) is 0 Å². The molecule has 0 spiro atoms. The summed E-state index contributed by atoms with van der Waals surface area (Å²) in [5.74, 6) is 0. The van der Waals surface area contributed by atoms with Crippen molar-refractivity contribution in [1.82, 2.24) is 0 Å². The van der Waals surface area contributed by atoms with Crippen LogP contribution in [0.1, 0.15) is 13.3 Å². The molecule has 0 aromatic rings. The summed E-state index contributed by atoms with van der Waals surface area (Å²) in [7, 11) is 6.21. The van der Waals surface area contributed by atoms with Crippen LogP contribution in [0.4, 0.5) is 0 Å². The lowest BCUT2D eigenvalue weighted by atomic mass is 10.1. The van der Waals surface area contributed by atoms with E-state index in [-0.39, 0.29) is 6.10 Å². The third-order valence-electron chi connectivity index (χ3n) is 1.34. The number of hydrogen-bond donors (Lipinski definition) is 1. The van der Waals surface area contributed by atoms with Crippen molar-refractivity contribution < 1.29 is 9.59 Å². The molecule has 1 unspecified atom stereocenters. The quantitative estimate of drug-likeness (QED) is 0.478. The van der Waals surface area contributed by atoms with Crippen LogP contribution in [0.15, 0.2) is 12.2 Å². The number of aliphatic hydroxyl groups is 1. The van der Waals surface area contributed by atoms with Crippen LogP contribution in [-0.4, -0.2) is 43.4 Å². The Balaban J connectivity index is 3.69. The highest BCUT2D eigenvalue weighted by molar-refractivity contribution is 4.90.